The lowest BCUT2D eigenvalue weighted by Crippen LogP contribution is -2.35. The van der Waals surface area contributed by atoms with E-state index in [0.717, 1.165) is 12.8 Å². The normalized spacial score (nSPS) is 22.3. The Morgan fingerprint density at radius 3 is 2.85 bits per heavy atom. The molecule has 0 radical (unpaired) electrons. The number of hydrogen-bond acceptors (Lipinski definition) is 7. The van der Waals surface area contributed by atoms with Crippen molar-refractivity contribution >= 4 is 6.09 Å². The molecule has 1 aromatic heterocycles. The number of hydrogen-bond donors (Lipinski definition) is 4. The monoisotopic (exact) mass is 371 g/mol. The molecule has 1 aromatic rings. The Hall–Kier alpha value is -2.17. The molecule has 0 saturated carbocycles. The minimum absolute atomic E-state index is 0.118. The fraction of sp³-hybridized carbons (Fsp3) is 0.688. The molecule has 10 heteroatoms. The summed E-state index contributed by atoms with van der Waals surface area (Å²) in [5.41, 5.74) is -0.758. The molecule has 1 aliphatic rings. The van der Waals surface area contributed by atoms with Crippen LogP contribution in [0, 0.1) is 6.92 Å². The summed E-state index contributed by atoms with van der Waals surface area (Å²) in [6, 6.07) is 0. The van der Waals surface area contributed by atoms with E-state index in [1.165, 1.54) is 10.8 Å². The molecule has 1 aliphatic heterocycles. The van der Waals surface area contributed by atoms with Gasteiger partial charge in [-0.15, -0.1) is 0 Å². The highest BCUT2D eigenvalue weighted by atomic mass is 16.6. The van der Waals surface area contributed by atoms with Crippen LogP contribution in [0.25, 0.3) is 0 Å². The van der Waals surface area contributed by atoms with Gasteiger partial charge in [-0.05, 0) is 26.2 Å². The number of aromatic nitrogens is 2. The van der Waals surface area contributed by atoms with Gasteiger partial charge in [-0.3, -0.25) is 14.3 Å². The second-order valence-electron chi connectivity index (χ2n) is 6.18. The Morgan fingerprint density at radius 2 is 2.15 bits per heavy atom. The van der Waals surface area contributed by atoms with Crippen molar-refractivity contribution in [2.75, 3.05) is 19.8 Å². The molecular weight excluding hydrogens is 346 g/mol. The van der Waals surface area contributed by atoms with Crippen LogP contribution < -0.4 is 16.6 Å². The molecule has 0 spiro atoms. The standard InChI is InChI=1S/C16H25N3O7/c1-10-8-19(15(23)18-14(10)22)13-7-11(12(9-21)25-13)26-16(24)17-5-3-2-4-6-20/h8,11-13,20-21H,2-7,9H2,1H3,(H,17,24)(H,18,22,23)/t11-,12+,13+/m0/s1. The number of H-pyrrole nitrogens is 1. The minimum atomic E-state index is -0.765. The maximum Gasteiger partial charge on any atom is 0.407 e. The molecule has 10 nitrogen and oxygen atoms in total. The number of unbranched alkanes of at least 4 members (excludes halogenated alkanes) is 2. The number of rotatable bonds is 8. The first-order valence-corrected chi connectivity index (χ1v) is 8.60. The van der Waals surface area contributed by atoms with Crippen LogP contribution in [0.4, 0.5) is 4.79 Å². The van der Waals surface area contributed by atoms with E-state index in [2.05, 4.69) is 10.3 Å². The van der Waals surface area contributed by atoms with Crippen molar-refractivity contribution in [3.8, 4) is 0 Å². The number of nitrogens with zero attached hydrogens (tertiary/aromatic N) is 1. The van der Waals surface area contributed by atoms with Gasteiger partial charge in [0, 0.05) is 31.3 Å². The molecule has 4 N–H and O–H groups in total. The van der Waals surface area contributed by atoms with Gasteiger partial charge < -0.3 is 25.0 Å². The second kappa shape index (κ2) is 9.51. The molecule has 1 amide bonds. The molecule has 0 unspecified atom stereocenters. The van der Waals surface area contributed by atoms with Crippen molar-refractivity contribution in [2.45, 2.75) is 51.0 Å². The Kier molecular flexibility index (Phi) is 7.37. The van der Waals surface area contributed by atoms with E-state index in [9.17, 15) is 19.5 Å². The Labute approximate surface area is 149 Å². The summed E-state index contributed by atoms with van der Waals surface area (Å²) < 4.78 is 12.1. The third kappa shape index (κ3) is 5.16. The maximum atomic E-state index is 12.0. The molecule has 0 aliphatic carbocycles. The van der Waals surface area contributed by atoms with Crippen LogP contribution in [0.1, 0.15) is 37.5 Å². The van der Waals surface area contributed by atoms with Crippen LogP contribution in [0.3, 0.4) is 0 Å². The quantitative estimate of drug-likeness (QED) is 0.446. The number of aromatic amines is 1. The van der Waals surface area contributed by atoms with Gasteiger partial charge in [-0.25, -0.2) is 9.59 Å². The minimum Gasteiger partial charge on any atom is -0.443 e. The number of alkyl carbamates (subject to hydrolysis) is 1. The van der Waals surface area contributed by atoms with E-state index < -0.39 is 35.8 Å². The predicted octanol–water partition coefficient (Wildman–Crippen LogP) is -0.618. The van der Waals surface area contributed by atoms with Crippen LogP contribution in [0.5, 0.6) is 0 Å². The second-order valence-corrected chi connectivity index (χ2v) is 6.18. The van der Waals surface area contributed by atoms with Gasteiger partial charge in [0.2, 0.25) is 0 Å². The number of carbonyl (C=O) groups is 1. The molecule has 0 bridgehead atoms. The van der Waals surface area contributed by atoms with Gasteiger partial charge >= 0.3 is 11.8 Å². The fourth-order valence-electron chi connectivity index (χ4n) is 2.74. The van der Waals surface area contributed by atoms with Crippen molar-refractivity contribution < 1.29 is 24.5 Å². The number of amides is 1. The summed E-state index contributed by atoms with van der Waals surface area (Å²) in [7, 11) is 0. The van der Waals surface area contributed by atoms with Crippen molar-refractivity contribution in [1.82, 2.24) is 14.9 Å². The van der Waals surface area contributed by atoms with E-state index in [1.807, 2.05) is 0 Å². The molecule has 1 fully saturated rings. The number of ether oxygens (including phenoxy) is 2. The molecule has 1 saturated heterocycles. The smallest absolute Gasteiger partial charge is 0.407 e. The van der Waals surface area contributed by atoms with Crippen LogP contribution in [-0.4, -0.2) is 57.8 Å². The zero-order chi connectivity index (χ0) is 19.1. The van der Waals surface area contributed by atoms with E-state index >= 15 is 0 Å². The van der Waals surface area contributed by atoms with Crippen LogP contribution >= 0.6 is 0 Å². The Bertz CT molecular complexity index is 715. The molecular formula is C16H25N3O7. The zero-order valence-electron chi connectivity index (χ0n) is 14.6. The molecule has 2 heterocycles. The van der Waals surface area contributed by atoms with E-state index in [0.29, 0.717) is 18.5 Å². The van der Waals surface area contributed by atoms with E-state index in [1.54, 1.807) is 6.92 Å². The maximum absolute atomic E-state index is 12.0. The highest BCUT2D eigenvalue weighted by Gasteiger charge is 2.39. The highest BCUT2D eigenvalue weighted by Crippen LogP contribution is 2.29. The number of aryl methyl sites for hydroxylation is 1. The Morgan fingerprint density at radius 1 is 1.38 bits per heavy atom. The van der Waals surface area contributed by atoms with Gasteiger partial charge in [0.1, 0.15) is 18.4 Å². The third-order valence-corrected chi connectivity index (χ3v) is 4.18. The summed E-state index contributed by atoms with van der Waals surface area (Å²) in [5.74, 6) is 0. The average molecular weight is 371 g/mol. The van der Waals surface area contributed by atoms with Crippen molar-refractivity contribution in [2.24, 2.45) is 0 Å². The van der Waals surface area contributed by atoms with E-state index in [-0.39, 0.29) is 19.6 Å². The lowest BCUT2D eigenvalue weighted by atomic mass is 10.2. The van der Waals surface area contributed by atoms with Gasteiger partial charge in [-0.2, -0.15) is 0 Å². The highest BCUT2D eigenvalue weighted by molar-refractivity contribution is 5.67. The molecule has 26 heavy (non-hydrogen) atoms. The largest absolute Gasteiger partial charge is 0.443 e. The number of carbonyl (C=O) groups excluding carboxylic acids is 1. The first kappa shape index (κ1) is 20.1. The van der Waals surface area contributed by atoms with Crippen molar-refractivity contribution in [3.63, 3.8) is 0 Å². The topological polar surface area (TPSA) is 143 Å². The van der Waals surface area contributed by atoms with Crippen LogP contribution in [0.2, 0.25) is 0 Å². The van der Waals surface area contributed by atoms with Crippen molar-refractivity contribution in [3.05, 3.63) is 32.6 Å². The summed E-state index contributed by atoms with van der Waals surface area (Å²) in [6.45, 7) is 1.72. The Balaban J connectivity index is 1.94. The summed E-state index contributed by atoms with van der Waals surface area (Å²) >= 11 is 0. The number of nitrogens with one attached hydrogen (secondary N) is 2. The summed E-state index contributed by atoms with van der Waals surface area (Å²) in [6.07, 6.45) is 0.867. The summed E-state index contributed by atoms with van der Waals surface area (Å²) in [4.78, 5) is 37.5. The third-order valence-electron chi connectivity index (χ3n) is 4.18. The first-order valence-electron chi connectivity index (χ1n) is 8.60. The SMILES string of the molecule is Cc1cn([C@H]2C[C@H](OC(=O)NCCCCCO)[C@@H](CO)O2)c(=O)[nH]c1=O. The van der Waals surface area contributed by atoms with Crippen molar-refractivity contribution in [1.29, 1.82) is 0 Å². The molecule has 3 atom stereocenters. The number of aliphatic hydroxyl groups is 2. The predicted molar refractivity (Wildman–Crippen MR) is 90.9 cm³/mol. The lowest BCUT2D eigenvalue weighted by molar-refractivity contribution is -0.0484. The van der Waals surface area contributed by atoms with Gasteiger partial charge in [0.15, 0.2) is 0 Å². The molecule has 2 rings (SSSR count). The van der Waals surface area contributed by atoms with Gasteiger partial charge in [0.25, 0.3) is 5.56 Å². The summed E-state index contributed by atoms with van der Waals surface area (Å²) in [5, 5.41) is 20.7. The fourth-order valence-corrected chi connectivity index (χ4v) is 2.74. The average Bonchev–Trinajstić information content (AvgIpc) is 3.00. The molecule has 146 valence electrons. The van der Waals surface area contributed by atoms with Gasteiger partial charge in [0.05, 0.1) is 6.61 Å². The van der Waals surface area contributed by atoms with E-state index in [4.69, 9.17) is 14.6 Å². The number of aliphatic hydroxyl groups excluding tert-OH is 2. The first-order chi connectivity index (χ1) is 12.5. The molecule has 0 aromatic carbocycles. The van der Waals surface area contributed by atoms with Crippen LogP contribution in [0.15, 0.2) is 15.8 Å². The lowest BCUT2D eigenvalue weighted by Gasteiger charge is -2.16. The van der Waals surface area contributed by atoms with Gasteiger partial charge in [-0.1, -0.05) is 0 Å². The zero-order valence-corrected chi connectivity index (χ0v) is 14.6. The van der Waals surface area contributed by atoms with Crippen LogP contribution in [-0.2, 0) is 9.47 Å².